The van der Waals surface area contributed by atoms with Gasteiger partial charge >= 0.3 is 16.4 Å². The minimum atomic E-state index is -5.02. The summed E-state index contributed by atoms with van der Waals surface area (Å²) in [5.74, 6) is -2.53. The molecule has 0 radical (unpaired) electrons. The largest absolute Gasteiger partial charge is 0.489 e. The highest BCUT2D eigenvalue weighted by Crippen LogP contribution is 2.33. The van der Waals surface area contributed by atoms with Crippen LogP contribution < -0.4 is 26.8 Å². The van der Waals surface area contributed by atoms with Gasteiger partial charge in [0.2, 0.25) is 0 Å². The molecule has 1 fully saturated rings. The van der Waals surface area contributed by atoms with Crippen LogP contribution in [-0.2, 0) is 33.9 Å². The summed E-state index contributed by atoms with van der Waals surface area (Å²) in [5, 5.41) is 21.3. The number of hydrogen-bond donors (Lipinski definition) is 6. The number of anilines is 2. The SMILES string of the molecule is CC1(C)[C@H](NC(=O)/C(=N\O[C@@H](COc2ccc3nc(NCCN)ccc3c2)C(=O)O)c2csc(N)n2)C(=O)N1OS(=O)(=O)O. The molecule has 1 aromatic carbocycles. The summed E-state index contributed by atoms with van der Waals surface area (Å²) >= 11 is 0.954. The Morgan fingerprint density at radius 3 is 2.61 bits per heavy atom. The van der Waals surface area contributed by atoms with Gasteiger partial charge in [-0.2, -0.15) is 13.5 Å². The van der Waals surface area contributed by atoms with Crippen LogP contribution >= 0.6 is 11.3 Å². The van der Waals surface area contributed by atoms with Gasteiger partial charge in [0.1, 0.15) is 29.9 Å². The molecular weight excluding hydrogens is 624 g/mol. The number of hydroxylamine groups is 2. The number of aliphatic carboxylic acids is 1. The Morgan fingerprint density at radius 2 is 2.00 bits per heavy atom. The molecule has 0 aliphatic carbocycles. The number of nitrogen functional groups attached to an aromatic ring is 1. The van der Waals surface area contributed by atoms with Gasteiger partial charge in [-0.05, 0) is 44.2 Å². The van der Waals surface area contributed by atoms with Crippen molar-refractivity contribution in [1.82, 2.24) is 20.3 Å². The third kappa shape index (κ3) is 7.47. The van der Waals surface area contributed by atoms with Crippen molar-refractivity contribution in [3.8, 4) is 5.75 Å². The number of amides is 2. The van der Waals surface area contributed by atoms with E-state index in [4.69, 9.17) is 25.6 Å². The number of benzene rings is 1. The third-order valence-electron chi connectivity index (χ3n) is 6.16. The number of β-lactam (4-membered cyclic amide) rings is 1. The maximum atomic E-state index is 13.2. The monoisotopic (exact) mass is 652 g/mol. The van der Waals surface area contributed by atoms with E-state index in [0.717, 1.165) is 16.7 Å². The second-order valence-electron chi connectivity index (χ2n) is 9.72. The smallest absolute Gasteiger partial charge is 0.418 e. The third-order valence-corrected chi connectivity index (χ3v) is 7.17. The van der Waals surface area contributed by atoms with Crippen LogP contribution in [0.2, 0.25) is 0 Å². The summed E-state index contributed by atoms with van der Waals surface area (Å²) in [4.78, 5) is 51.2. The van der Waals surface area contributed by atoms with E-state index in [1.54, 1.807) is 30.3 Å². The topological polar surface area (TPSA) is 271 Å². The standard InChI is InChI=1S/C24H28N8O10S2/c1-24(2)19(21(34)32(24)42-44(37,38)39)30-20(33)18(15-11-43-23(26)29-15)31-41-16(22(35)36)10-40-13-4-5-14-12(9-13)3-6-17(28-14)27-8-7-25/h3-6,9,11,16,19H,7-8,10,25H2,1-2H3,(H2,26,29)(H,27,28)(H,30,33)(H,35,36)(H,37,38,39)/b31-18-/t16-,19+/m0/s1. The van der Waals surface area contributed by atoms with Crippen LogP contribution in [0.25, 0.3) is 10.9 Å². The molecule has 2 atom stereocenters. The van der Waals surface area contributed by atoms with E-state index < -0.39 is 58.2 Å². The first-order chi connectivity index (χ1) is 20.7. The van der Waals surface area contributed by atoms with Crippen molar-refractivity contribution in [2.24, 2.45) is 10.9 Å². The molecule has 1 aliphatic heterocycles. The number of carboxylic acid groups (broad SMARTS) is 1. The van der Waals surface area contributed by atoms with Crippen molar-refractivity contribution < 1.29 is 46.3 Å². The van der Waals surface area contributed by atoms with Gasteiger partial charge in [-0.15, -0.1) is 15.6 Å². The Hall–Kier alpha value is -4.63. The minimum absolute atomic E-state index is 0.0551. The number of carbonyl (C=O) groups excluding carboxylic acids is 2. The van der Waals surface area contributed by atoms with Gasteiger partial charge < -0.3 is 36.8 Å². The summed E-state index contributed by atoms with van der Waals surface area (Å²) in [5.41, 5.74) is 9.79. The molecule has 4 rings (SSSR count). The highest BCUT2D eigenvalue weighted by molar-refractivity contribution is 7.80. The molecule has 236 valence electrons. The van der Waals surface area contributed by atoms with Crippen LogP contribution in [-0.4, -0.2) is 94.0 Å². The van der Waals surface area contributed by atoms with Gasteiger partial charge in [0.15, 0.2) is 10.8 Å². The second kappa shape index (κ2) is 12.9. The lowest BCUT2D eigenvalue weighted by Gasteiger charge is -2.50. The first kappa shape index (κ1) is 32.3. The molecular formula is C24H28N8O10S2. The summed E-state index contributed by atoms with van der Waals surface area (Å²) in [6.45, 7) is 3.20. The van der Waals surface area contributed by atoms with Crippen LogP contribution in [0.3, 0.4) is 0 Å². The average Bonchev–Trinajstić information content (AvgIpc) is 3.39. The van der Waals surface area contributed by atoms with Crippen LogP contribution in [0.4, 0.5) is 10.9 Å². The van der Waals surface area contributed by atoms with Gasteiger partial charge in [0.05, 0.1) is 11.1 Å². The summed E-state index contributed by atoms with van der Waals surface area (Å²) in [6.07, 6.45) is -1.69. The van der Waals surface area contributed by atoms with E-state index in [-0.39, 0.29) is 10.8 Å². The Kier molecular flexibility index (Phi) is 9.49. The number of nitrogens with zero attached hydrogens (tertiary/aromatic N) is 4. The molecule has 0 saturated carbocycles. The van der Waals surface area contributed by atoms with Gasteiger partial charge in [-0.3, -0.25) is 14.1 Å². The number of rotatable bonds is 14. The first-order valence-electron chi connectivity index (χ1n) is 12.7. The average molecular weight is 653 g/mol. The molecule has 3 heterocycles. The highest BCUT2D eigenvalue weighted by atomic mass is 32.3. The molecule has 0 spiro atoms. The zero-order valence-electron chi connectivity index (χ0n) is 23.2. The molecule has 44 heavy (non-hydrogen) atoms. The molecule has 0 bridgehead atoms. The molecule has 3 aromatic rings. The second-order valence-corrected chi connectivity index (χ2v) is 11.6. The number of fused-ring (bicyclic) bond motifs is 1. The van der Waals surface area contributed by atoms with Crippen LogP contribution in [0.1, 0.15) is 19.5 Å². The maximum absolute atomic E-state index is 13.2. The van der Waals surface area contributed by atoms with Crippen LogP contribution in [0.5, 0.6) is 5.75 Å². The van der Waals surface area contributed by atoms with Crippen LogP contribution in [0.15, 0.2) is 40.9 Å². The summed E-state index contributed by atoms with van der Waals surface area (Å²) in [6, 6.07) is 7.17. The number of nitrogens with two attached hydrogens (primary N) is 2. The predicted octanol–water partition coefficient (Wildman–Crippen LogP) is -0.263. The number of oxime groups is 1. The normalized spacial score (nSPS) is 17.1. The summed E-state index contributed by atoms with van der Waals surface area (Å²) < 4.78 is 40.9. The molecule has 0 unspecified atom stereocenters. The predicted molar refractivity (Wildman–Crippen MR) is 156 cm³/mol. The van der Waals surface area contributed by atoms with Crippen molar-refractivity contribution in [2.45, 2.75) is 31.5 Å². The van der Waals surface area contributed by atoms with Crippen molar-refractivity contribution in [1.29, 1.82) is 0 Å². The number of carbonyl (C=O) groups is 3. The molecule has 1 saturated heterocycles. The Labute approximate surface area is 253 Å². The maximum Gasteiger partial charge on any atom is 0.418 e. The van der Waals surface area contributed by atoms with E-state index >= 15 is 0 Å². The Balaban J connectivity index is 1.48. The Bertz CT molecular complexity index is 1710. The van der Waals surface area contributed by atoms with Gasteiger partial charge in [0, 0.05) is 23.9 Å². The fourth-order valence-corrected chi connectivity index (χ4v) is 4.95. The van der Waals surface area contributed by atoms with Crippen molar-refractivity contribution >= 4 is 67.1 Å². The van der Waals surface area contributed by atoms with E-state index in [1.165, 1.54) is 19.2 Å². The number of ether oxygens (including phenoxy) is 1. The fraction of sp³-hybridized carbons (Fsp3) is 0.333. The molecule has 8 N–H and O–H groups in total. The first-order valence-corrected chi connectivity index (χ1v) is 14.9. The van der Waals surface area contributed by atoms with Crippen LogP contribution in [0, 0.1) is 0 Å². The Morgan fingerprint density at radius 1 is 1.25 bits per heavy atom. The zero-order chi connectivity index (χ0) is 32.2. The van der Waals surface area contributed by atoms with Crippen molar-refractivity contribution in [2.75, 3.05) is 30.7 Å². The van der Waals surface area contributed by atoms with E-state index in [0.29, 0.717) is 35.2 Å². The van der Waals surface area contributed by atoms with Gasteiger partial charge in [-0.25, -0.2) is 14.8 Å². The minimum Gasteiger partial charge on any atom is -0.489 e. The zero-order valence-corrected chi connectivity index (χ0v) is 24.8. The van der Waals surface area contributed by atoms with E-state index in [2.05, 4.69) is 30.0 Å². The number of carboxylic acids is 1. The number of thiazole rings is 1. The van der Waals surface area contributed by atoms with Crippen molar-refractivity contribution in [3.63, 3.8) is 0 Å². The fourth-order valence-electron chi connectivity index (χ4n) is 3.95. The quantitative estimate of drug-likeness (QED) is 0.0566. The molecule has 2 amide bonds. The summed E-state index contributed by atoms with van der Waals surface area (Å²) in [7, 11) is -5.02. The van der Waals surface area contributed by atoms with E-state index in [9.17, 15) is 27.9 Å². The number of aromatic nitrogens is 2. The molecule has 20 heteroatoms. The van der Waals surface area contributed by atoms with Gasteiger partial charge in [0.25, 0.3) is 17.9 Å². The lowest BCUT2D eigenvalue weighted by atomic mass is 9.84. The number of hydrogen-bond acceptors (Lipinski definition) is 15. The highest BCUT2D eigenvalue weighted by Gasteiger charge is 2.58. The number of pyridine rings is 1. The lowest BCUT2D eigenvalue weighted by molar-refractivity contribution is -0.218. The number of nitrogens with one attached hydrogen (secondary N) is 2. The van der Waals surface area contributed by atoms with E-state index in [1.807, 2.05) is 0 Å². The van der Waals surface area contributed by atoms with Crippen molar-refractivity contribution in [3.05, 3.63) is 41.4 Å². The molecule has 18 nitrogen and oxygen atoms in total. The molecule has 1 aliphatic rings. The lowest BCUT2D eigenvalue weighted by Crippen LogP contribution is -2.76. The molecule has 2 aromatic heterocycles. The van der Waals surface area contributed by atoms with Gasteiger partial charge in [-0.1, -0.05) is 5.16 Å².